The fraction of sp³-hybridized carbons (Fsp3) is 0.217. The number of nitrogens with two attached hydrogens (primary N) is 1. The van der Waals surface area contributed by atoms with Crippen LogP contribution in [0.2, 0.25) is 0 Å². The number of hydrogen-bond acceptors (Lipinski definition) is 5. The van der Waals surface area contributed by atoms with E-state index in [1.165, 1.54) is 0 Å². The summed E-state index contributed by atoms with van der Waals surface area (Å²) in [6, 6.07) is 16.4. The molecule has 0 atom stereocenters. The summed E-state index contributed by atoms with van der Waals surface area (Å²) in [4.78, 5) is 14.8. The highest BCUT2D eigenvalue weighted by molar-refractivity contribution is 8.01. The maximum absolute atomic E-state index is 12.0. The van der Waals surface area contributed by atoms with E-state index >= 15 is 0 Å². The van der Waals surface area contributed by atoms with Crippen LogP contribution in [0.3, 0.4) is 0 Å². The Hall–Kier alpha value is -3.23. The van der Waals surface area contributed by atoms with E-state index in [-0.39, 0.29) is 0 Å². The Morgan fingerprint density at radius 2 is 1.84 bits per heavy atom. The molecule has 3 heterocycles. The summed E-state index contributed by atoms with van der Waals surface area (Å²) in [6.07, 6.45) is 3.84. The lowest BCUT2D eigenvalue weighted by atomic mass is 10.1. The number of aryl methyl sites for hydroxylation is 1. The van der Waals surface area contributed by atoms with Gasteiger partial charge in [0.05, 0.1) is 5.69 Å². The normalized spacial score (nSPS) is 16.9. The summed E-state index contributed by atoms with van der Waals surface area (Å²) in [5, 5.41) is 10.3. The number of anilines is 3. The predicted octanol–water partition coefficient (Wildman–Crippen LogP) is 3.39. The number of rotatable bonds is 4. The van der Waals surface area contributed by atoms with Gasteiger partial charge < -0.3 is 15.2 Å². The molecule has 1 aliphatic heterocycles. The third kappa shape index (κ3) is 4.04. The van der Waals surface area contributed by atoms with Gasteiger partial charge in [-0.2, -0.15) is 0 Å². The Balaban J connectivity index is 1.36. The highest BCUT2D eigenvalue weighted by Crippen LogP contribution is 2.30. The van der Waals surface area contributed by atoms with Crippen molar-refractivity contribution in [2.24, 2.45) is 5.14 Å². The van der Waals surface area contributed by atoms with Gasteiger partial charge in [0.1, 0.15) is 0 Å². The van der Waals surface area contributed by atoms with Crippen LogP contribution in [-0.2, 0) is 10.1 Å². The van der Waals surface area contributed by atoms with E-state index < -0.39 is 10.1 Å². The van der Waals surface area contributed by atoms with Gasteiger partial charge in [-0.15, -0.1) is 0 Å². The number of benzene rings is 2. The molecule has 31 heavy (non-hydrogen) atoms. The Kier molecular flexibility index (Phi) is 4.95. The van der Waals surface area contributed by atoms with E-state index in [1.54, 1.807) is 0 Å². The number of nitrogens with one attached hydrogen (secondary N) is 2. The van der Waals surface area contributed by atoms with Gasteiger partial charge >= 0.3 is 0 Å². The molecule has 1 saturated heterocycles. The van der Waals surface area contributed by atoms with Crippen LogP contribution in [0.4, 0.5) is 17.3 Å². The van der Waals surface area contributed by atoms with Crippen molar-refractivity contribution < 1.29 is 4.21 Å². The SMILES string of the molecule is Cc1cnc(Nc2ccc(N3CC[SH](N)(=O)CC3)cc2)nc1-c1c[nH]c2ccccc12. The van der Waals surface area contributed by atoms with E-state index in [1.807, 2.05) is 43.6 Å². The Morgan fingerprint density at radius 1 is 1.10 bits per heavy atom. The summed E-state index contributed by atoms with van der Waals surface area (Å²) < 4.78 is 12.0. The Bertz CT molecular complexity index is 1270. The van der Waals surface area contributed by atoms with Crippen molar-refractivity contribution in [3.63, 3.8) is 0 Å². The zero-order valence-corrected chi connectivity index (χ0v) is 18.3. The second kappa shape index (κ2) is 7.79. The maximum atomic E-state index is 12.0. The fourth-order valence-electron chi connectivity index (χ4n) is 3.99. The van der Waals surface area contributed by atoms with Crippen LogP contribution < -0.4 is 15.4 Å². The van der Waals surface area contributed by atoms with Crippen LogP contribution in [-0.4, -0.2) is 43.8 Å². The largest absolute Gasteiger partial charge is 0.370 e. The number of fused-ring (bicyclic) bond motifs is 1. The van der Waals surface area contributed by atoms with Crippen molar-refractivity contribution in [3.05, 3.63) is 66.5 Å². The first-order valence-corrected chi connectivity index (χ1v) is 12.5. The highest BCUT2D eigenvalue weighted by Gasteiger charge is 2.20. The van der Waals surface area contributed by atoms with Crippen molar-refractivity contribution in [1.82, 2.24) is 15.0 Å². The van der Waals surface area contributed by atoms with Crippen molar-refractivity contribution in [2.75, 3.05) is 34.8 Å². The van der Waals surface area contributed by atoms with E-state index in [9.17, 15) is 4.21 Å². The molecule has 1 aliphatic rings. The minimum Gasteiger partial charge on any atom is -0.370 e. The molecule has 2 aromatic heterocycles. The number of para-hydroxylation sites is 1. The lowest BCUT2D eigenvalue weighted by Crippen LogP contribution is -2.47. The third-order valence-corrected chi connectivity index (χ3v) is 7.72. The fourth-order valence-corrected chi connectivity index (χ4v) is 5.37. The molecular weight excluding hydrogens is 408 g/mol. The third-order valence-electron chi connectivity index (χ3n) is 5.80. The summed E-state index contributed by atoms with van der Waals surface area (Å²) in [7, 11) is -2.42. The molecule has 1 fully saturated rings. The average molecular weight is 435 g/mol. The minimum absolute atomic E-state index is 0.556. The van der Waals surface area contributed by atoms with Crippen molar-refractivity contribution >= 4 is 38.3 Å². The Morgan fingerprint density at radius 3 is 2.61 bits per heavy atom. The lowest BCUT2D eigenvalue weighted by molar-refractivity contribution is 0.660. The van der Waals surface area contributed by atoms with Crippen LogP contribution in [0.25, 0.3) is 22.2 Å². The topological polar surface area (TPSA) is 99.9 Å². The molecule has 4 N–H and O–H groups in total. The van der Waals surface area contributed by atoms with Gasteiger partial charge in [0, 0.05) is 64.8 Å². The zero-order chi connectivity index (χ0) is 21.4. The van der Waals surface area contributed by atoms with Crippen LogP contribution in [0.15, 0.2) is 60.9 Å². The second-order valence-corrected chi connectivity index (χ2v) is 10.8. The van der Waals surface area contributed by atoms with Crippen molar-refractivity contribution in [3.8, 4) is 11.3 Å². The quantitative estimate of drug-likeness (QED) is 0.369. The number of aromatic amines is 1. The summed E-state index contributed by atoms with van der Waals surface area (Å²) in [5.41, 5.74) is 6.10. The van der Waals surface area contributed by atoms with Crippen LogP contribution >= 0.6 is 0 Å². The monoisotopic (exact) mass is 434 g/mol. The first-order chi connectivity index (χ1) is 15.0. The first kappa shape index (κ1) is 19.7. The van der Waals surface area contributed by atoms with Crippen LogP contribution in [0, 0.1) is 6.92 Å². The van der Waals surface area contributed by atoms with E-state index in [2.05, 4.69) is 44.5 Å². The number of H-pyrrole nitrogens is 1. The summed E-state index contributed by atoms with van der Waals surface area (Å²) in [6.45, 7) is 3.49. The zero-order valence-electron chi connectivity index (χ0n) is 17.4. The molecular formula is C23H26N6OS. The number of aromatic nitrogens is 3. The van der Waals surface area contributed by atoms with Crippen molar-refractivity contribution in [2.45, 2.75) is 6.92 Å². The second-order valence-electron chi connectivity index (χ2n) is 8.03. The van der Waals surface area contributed by atoms with Crippen molar-refractivity contribution in [1.29, 1.82) is 0 Å². The molecule has 2 aromatic carbocycles. The van der Waals surface area contributed by atoms with Gasteiger partial charge in [-0.05, 0) is 42.8 Å². The first-order valence-electron chi connectivity index (χ1n) is 10.4. The lowest BCUT2D eigenvalue weighted by Gasteiger charge is -2.34. The molecule has 0 radical (unpaired) electrons. The van der Waals surface area contributed by atoms with E-state index in [4.69, 9.17) is 10.1 Å². The van der Waals surface area contributed by atoms with Gasteiger partial charge in [0.25, 0.3) is 0 Å². The Labute approximate surface area is 182 Å². The molecule has 0 saturated carbocycles. The summed E-state index contributed by atoms with van der Waals surface area (Å²) in [5.74, 6) is 1.70. The predicted molar refractivity (Wildman–Crippen MR) is 129 cm³/mol. The van der Waals surface area contributed by atoms with E-state index in [0.717, 1.165) is 52.2 Å². The van der Waals surface area contributed by atoms with E-state index in [0.29, 0.717) is 17.5 Å². The maximum Gasteiger partial charge on any atom is 0.227 e. The molecule has 160 valence electrons. The van der Waals surface area contributed by atoms with Gasteiger partial charge in [0.2, 0.25) is 5.95 Å². The number of thiol groups is 1. The van der Waals surface area contributed by atoms with Gasteiger partial charge in [-0.25, -0.2) is 9.97 Å². The highest BCUT2D eigenvalue weighted by atomic mass is 32.3. The van der Waals surface area contributed by atoms with Crippen LogP contribution in [0.5, 0.6) is 0 Å². The van der Waals surface area contributed by atoms with Gasteiger partial charge in [0.15, 0.2) is 0 Å². The summed E-state index contributed by atoms with van der Waals surface area (Å²) >= 11 is 0. The number of nitrogens with zero attached hydrogens (tertiary/aromatic N) is 3. The van der Waals surface area contributed by atoms with Gasteiger partial charge in [-0.1, -0.05) is 28.3 Å². The molecule has 0 amide bonds. The minimum atomic E-state index is -2.42. The molecule has 8 heteroatoms. The van der Waals surface area contributed by atoms with Gasteiger partial charge in [-0.3, -0.25) is 9.35 Å². The molecule has 0 bridgehead atoms. The average Bonchev–Trinajstić information content (AvgIpc) is 3.20. The van der Waals surface area contributed by atoms with Crippen LogP contribution in [0.1, 0.15) is 5.56 Å². The smallest absolute Gasteiger partial charge is 0.227 e. The number of hydrogen-bond donors (Lipinski definition) is 4. The molecule has 0 spiro atoms. The molecule has 7 nitrogen and oxygen atoms in total. The molecule has 5 rings (SSSR count). The standard InChI is InChI=1S/C23H26N6OS/c1-16-14-26-23(28-22(16)20-15-25-21-5-3-2-4-19(20)21)27-17-6-8-18(9-7-17)29-10-12-31(24,30)13-11-29/h2-9,14-15,25,31H,10-13H2,1H3,(H2,24,30)(H,26,27,28). The molecule has 4 aromatic rings. The molecule has 0 aliphatic carbocycles. The molecule has 0 unspecified atom stereocenters.